The highest BCUT2D eigenvalue weighted by atomic mass is 16.3. The number of phenols is 4. The molecule has 0 saturated heterocycles. The van der Waals surface area contributed by atoms with Gasteiger partial charge in [-0.2, -0.15) is 0 Å². The predicted molar refractivity (Wildman–Crippen MR) is 313 cm³/mol. The van der Waals surface area contributed by atoms with Gasteiger partial charge >= 0.3 is 0 Å². The Labute approximate surface area is 443 Å². The largest absolute Gasteiger partial charge is 0.507 e. The Morgan fingerprint density at radius 3 is 0.581 bits per heavy atom. The van der Waals surface area contributed by atoms with Gasteiger partial charge in [0.2, 0.25) is 0 Å². The molecule has 4 heteroatoms. The molecule has 4 nitrogen and oxygen atoms in total. The van der Waals surface area contributed by atoms with E-state index in [1.807, 2.05) is 121 Å². The summed E-state index contributed by atoms with van der Waals surface area (Å²) in [7, 11) is 0. The van der Waals surface area contributed by atoms with Crippen LogP contribution >= 0.6 is 0 Å². The SMILES string of the molecule is CC(C)(C)c1cc(C(C)(C)c2cc(C(C)(C)C)c(O)c(C(C)(C)C)c2)cc(C(C)(C)C)c1O.CC(C)(c1cc(-c2ccccc2)c(O)c(-c2ccccc2)c1)c1cc(-c2ccccc2)c(O)c(-c2ccccc2)c1. The van der Waals surface area contributed by atoms with Crippen LogP contribution in [0.15, 0.2) is 170 Å². The van der Waals surface area contributed by atoms with Gasteiger partial charge in [0, 0.05) is 33.1 Å². The van der Waals surface area contributed by atoms with Crippen LogP contribution in [0, 0.1) is 0 Å². The van der Waals surface area contributed by atoms with Crippen LogP contribution in [0.25, 0.3) is 44.5 Å². The molecule has 8 aromatic rings. The molecule has 8 rings (SSSR count). The molecule has 384 valence electrons. The van der Waals surface area contributed by atoms with Crippen molar-refractivity contribution in [3.8, 4) is 67.5 Å². The lowest BCUT2D eigenvalue weighted by Gasteiger charge is -2.35. The smallest absolute Gasteiger partial charge is 0.131 e. The van der Waals surface area contributed by atoms with Gasteiger partial charge in [-0.15, -0.1) is 0 Å². The lowest BCUT2D eigenvalue weighted by molar-refractivity contribution is 0.420. The first-order chi connectivity index (χ1) is 34.4. The second-order valence-corrected chi connectivity index (χ2v) is 25.4. The van der Waals surface area contributed by atoms with Crippen LogP contribution in [-0.4, -0.2) is 20.4 Å². The van der Waals surface area contributed by atoms with Crippen molar-refractivity contribution in [3.05, 3.63) is 214 Å². The predicted octanol–water partition coefficient (Wildman–Crippen LogP) is 18.7. The molecule has 0 aromatic heterocycles. The van der Waals surface area contributed by atoms with Gasteiger partial charge < -0.3 is 20.4 Å². The Bertz CT molecular complexity index is 2830. The van der Waals surface area contributed by atoms with Crippen molar-refractivity contribution in [1.29, 1.82) is 0 Å². The lowest BCUT2D eigenvalue weighted by Crippen LogP contribution is -2.26. The van der Waals surface area contributed by atoms with Crippen LogP contribution in [0.5, 0.6) is 23.0 Å². The summed E-state index contributed by atoms with van der Waals surface area (Å²) in [5, 5.41) is 45.5. The van der Waals surface area contributed by atoms with Crippen molar-refractivity contribution >= 4 is 0 Å². The fourth-order valence-electron chi connectivity index (χ4n) is 9.95. The fraction of sp³-hybridized carbons (Fsp3) is 0.314. The third-order valence-corrected chi connectivity index (χ3v) is 14.9. The molecule has 8 aromatic carbocycles. The first kappa shape index (κ1) is 54.7. The van der Waals surface area contributed by atoms with E-state index >= 15 is 0 Å². The van der Waals surface area contributed by atoms with E-state index in [1.165, 1.54) is 11.1 Å². The van der Waals surface area contributed by atoms with E-state index in [-0.39, 0.29) is 38.6 Å². The van der Waals surface area contributed by atoms with E-state index in [4.69, 9.17) is 0 Å². The van der Waals surface area contributed by atoms with Gasteiger partial charge in [-0.1, -0.05) is 256 Å². The highest BCUT2D eigenvalue weighted by Gasteiger charge is 2.35. The summed E-state index contributed by atoms with van der Waals surface area (Å²) in [5.74, 6) is 1.35. The van der Waals surface area contributed by atoms with Crippen LogP contribution in [0.1, 0.15) is 155 Å². The zero-order chi connectivity index (χ0) is 54.3. The number of phenolic OH excluding ortho intramolecular Hbond substituents is 4. The molecule has 0 saturated carbocycles. The molecule has 0 amide bonds. The van der Waals surface area contributed by atoms with Crippen molar-refractivity contribution in [2.75, 3.05) is 0 Å². The summed E-state index contributed by atoms with van der Waals surface area (Å²) >= 11 is 0. The number of aromatic hydroxyl groups is 4. The monoisotopic (exact) mass is 985 g/mol. The number of hydrogen-bond donors (Lipinski definition) is 4. The molecule has 0 heterocycles. The summed E-state index contributed by atoms with van der Waals surface area (Å²) in [6.07, 6.45) is 0. The van der Waals surface area contributed by atoms with Gasteiger partial charge in [0.05, 0.1) is 0 Å². The molecule has 4 N–H and O–H groups in total. The third-order valence-electron chi connectivity index (χ3n) is 14.9. The Kier molecular flexibility index (Phi) is 15.0. The highest BCUT2D eigenvalue weighted by molar-refractivity contribution is 5.86. The molecular formula is C70H80O4. The molecule has 0 aliphatic carbocycles. The molecule has 0 bridgehead atoms. The first-order valence-electron chi connectivity index (χ1n) is 26.2. The van der Waals surface area contributed by atoms with E-state index in [9.17, 15) is 20.4 Å². The number of hydrogen-bond acceptors (Lipinski definition) is 4. The average molecular weight is 985 g/mol. The van der Waals surface area contributed by atoms with E-state index in [1.54, 1.807) is 0 Å². The molecule has 0 aliphatic rings. The number of benzene rings is 8. The molecule has 0 aliphatic heterocycles. The third kappa shape index (κ3) is 11.4. The van der Waals surface area contributed by atoms with Crippen molar-refractivity contribution in [2.45, 2.75) is 143 Å². The fourth-order valence-corrected chi connectivity index (χ4v) is 9.95. The molecule has 0 fully saturated rings. The first-order valence-corrected chi connectivity index (χ1v) is 26.2. The van der Waals surface area contributed by atoms with Crippen molar-refractivity contribution in [1.82, 2.24) is 0 Å². The summed E-state index contributed by atoms with van der Waals surface area (Å²) in [5.41, 5.74) is 13.9. The maximum atomic E-state index is 11.5. The van der Waals surface area contributed by atoms with Crippen molar-refractivity contribution in [2.24, 2.45) is 0 Å². The Hall–Kier alpha value is -7.04. The van der Waals surface area contributed by atoms with Crippen LogP contribution in [0.4, 0.5) is 0 Å². The maximum Gasteiger partial charge on any atom is 0.131 e. The van der Waals surface area contributed by atoms with Crippen molar-refractivity contribution < 1.29 is 20.4 Å². The number of rotatable bonds is 8. The highest BCUT2D eigenvalue weighted by Crippen LogP contribution is 2.49. The normalized spacial score (nSPS) is 12.5. The van der Waals surface area contributed by atoms with E-state index in [0.29, 0.717) is 11.5 Å². The van der Waals surface area contributed by atoms with E-state index < -0.39 is 5.41 Å². The lowest BCUT2D eigenvalue weighted by atomic mass is 9.69. The van der Waals surface area contributed by atoms with Crippen LogP contribution in [0.2, 0.25) is 0 Å². The molecular weight excluding hydrogens is 905 g/mol. The molecule has 0 spiro atoms. The maximum absolute atomic E-state index is 11.5. The van der Waals surface area contributed by atoms with Gasteiger partial charge in [-0.3, -0.25) is 0 Å². The van der Waals surface area contributed by atoms with E-state index in [0.717, 1.165) is 77.9 Å². The second kappa shape index (κ2) is 20.3. The molecule has 0 atom stereocenters. The minimum Gasteiger partial charge on any atom is -0.507 e. The van der Waals surface area contributed by atoms with Crippen LogP contribution < -0.4 is 0 Å². The van der Waals surface area contributed by atoms with E-state index in [2.05, 4.69) is 159 Å². The summed E-state index contributed by atoms with van der Waals surface area (Å²) < 4.78 is 0. The zero-order valence-electron chi connectivity index (χ0n) is 47.0. The Morgan fingerprint density at radius 2 is 0.405 bits per heavy atom. The quantitative estimate of drug-likeness (QED) is 0.122. The molecule has 74 heavy (non-hydrogen) atoms. The van der Waals surface area contributed by atoms with Gasteiger partial charge in [0.15, 0.2) is 0 Å². The van der Waals surface area contributed by atoms with Crippen molar-refractivity contribution in [3.63, 3.8) is 0 Å². The molecule has 0 radical (unpaired) electrons. The standard InChI is InChI=1S/C39H32O2.C31H48O2/c1-39(2,31-23-33(27-15-7-3-8-16-27)37(40)34(24-31)28-17-9-4-10-18-28)32-25-35(29-19-11-5-12-20-29)38(41)36(26-32)30-21-13-6-14-22-30;1-27(2,3)21-15-19(16-22(25(21)32)28(4,5)6)31(13,14)20-17-23(29(7,8)9)26(33)24(18-20)30(10,11)12/h3-26,40-41H,1-2H3;15-18,32-33H,1-14H3. The Morgan fingerprint density at radius 1 is 0.230 bits per heavy atom. The minimum absolute atomic E-state index is 0.182. The van der Waals surface area contributed by atoms with Gasteiger partial charge in [-0.05, 0) is 113 Å². The average Bonchev–Trinajstić information content (AvgIpc) is 3.34. The summed E-state index contributed by atoms with van der Waals surface area (Å²) in [4.78, 5) is 0. The summed E-state index contributed by atoms with van der Waals surface area (Å²) in [6.45, 7) is 34.8. The van der Waals surface area contributed by atoms with Crippen LogP contribution in [-0.2, 0) is 32.5 Å². The molecule has 0 unspecified atom stereocenters. The van der Waals surface area contributed by atoms with Gasteiger partial charge in [-0.25, -0.2) is 0 Å². The minimum atomic E-state index is -0.471. The van der Waals surface area contributed by atoms with Crippen LogP contribution in [0.3, 0.4) is 0 Å². The Balaban J connectivity index is 0.000000222. The van der Waals surface area contributed by atoms with Gasteiger partial charge in [0.25, 0.3) is 0 Å². The second-order valence-electron chi connectivity index (χ2n) is 25.4. The zero-order valence-corrected chi connectivity index (χ0v) is 47.0. The van der Waals surface area contributed by atoms with Gasteiger partial charge in [0.1, 0.15) is 23.0 Å². The summed E-state index contributed by atoms with van der Waals surface area (Å²) in [6, 6.07) is 57.3. The topological polar surface area (TPSA) is 80.9 Å².